The molecule has 0 spiro atoms. The summed E-state index contributed by atoms with van der Waals surface area (Å²) < 4.78 is 17.9. The monoisotopic (exact) mass is 590 g/mol. The second-order valence-corrected chi connectivity index (χ2v) is 13.0. The number of aliphatic hydroxyl groups excluding tert-OH is 3. The maximum Gasteiger partial charge on any atom is 0.311 e. The van der Waals surface area contributed by atoms with Crippen LogP contribution in [-0.4, -0.2) is 122 Å². The molecule has 12 nitrogen and oxygen atoms in total. The summed E-state index contributed by atoms with van der Waals surface area (Å²) in [6.07, 6.45) is -6.92. The molecule has 0 aliphatic carbocycles. The van der Waals surface area contributed by atoms with Crippen LogP contribution in [-0.2, 0) is 19.0 Å². The minimum Gasteiger partial charge on any atom is -0.459 e. The van der Waals surface area contributed by atoms with Crippen LogP contribution in [0.4, 0.5) is 0 Å². The Morgan fingerprint density at radius 3 is 2.12 bits per heavy atom. The van der Waals surface area contributed by atoms with Gasteiger partial charge in [-0.3, -0.25) is 4.79 Å². The van der Waals surface area contributed by atoms with Crippen LogP contribution in [0, 0.1) is 23.7 Å². The summed E-state index contributed by atoms with van der Waals surface area (Å²) in [4.78, 5) is 15.1. The highest BCUT2D eigenvalue weighted by molar-refractivity contribution is 5.88. The van der Waals surface area contributed by atoms with E-state index in [0.717, 1.165) is 0 Å². The predicted octanol–water partition coefficient (Wildman–Crippen LogP) is 1.12. The molecule has 2 fully saturated rings. The van der Waals surface area contributed by atoms with Crippen molar-refractivity contribution in [3.05, 3.63) is 0 Å². The summed E-state index contributed by atoms with van der Waals surface area (Å²) >= 11 is 0. The number of esters is 1. The first kappa shape index (κ1) is 35.8. The Morgan fingerprint density at radius 1 is 1.02 bits per heavy atom. The summed E-state index contributed by atoms with van der Waals surface area (Å²) in [7, 11) is 3.68. The van der Waals surface area contributed by atoms with Crippen molar-refractivity contribution >= 4 is 11.7 Å². The van der Waals surface area contributed by atoms with Crippen molar-refractivity contribution in [2.24, 2.45) is 28.8 Å². The van der Waals surface area contributed by atoms with Gasteiger partial charge in [0.05, 0.1) is 41.6 Å². The Kier molecular flexibility index (Phi) is 12.2. The zero-order valence-corrected chi connectivity index (χ0v) is 26.3. The van der Waals surface area contributed by atoms with Crippen molar-refractivity contribution in [3.63, 3.8) is 0 Å². The molecule has 41 heavy (non-hydrogen) atoms. The van der Waals surface area contributed by atoms with Gasteiger partial charge in [-0.1, -0.05) is 32.9 Å². The topological polar surface area (TPSA) is 182 Å². The molecule has 2 saturated heterocycles. The van der Waals surface area contributed by atoms with Crippen molar-refractivity contribution in [3.8, 4) is 0 Å². The van der Waals surface area contributed by atoms with Gasteiger partial charge in [0, 0.05) is 23.8 Å². The van der Waals surface area contributed by atoms with E-state index in [2.05, 4.69) is 5.16 Å². The van der Waals surface area contributed by atoms with Crippen LogP contribution >= 0.6 is 0 Å². The molecule has 14 atom stereocenters. The Hall–Kier alpha value is -1.38. The Labute approximate surface area is 244 Å². The van der Waals surface area contributed by atoms with Gasteiger partial charge in [-0.05, 0) is 61.1 Å². The number of nitrogens with zero attached hydrogens (tertiary/aromatic N) is 2. The maximum atomic E-state index is 13.2. The quantitative estimate of drug-likeness (QED) is 0.157. The lowest BCUT2D eigenvalue weighted by atomic mass is 9.73. The maximum absolute atomic E-state index is 13.2. The van der Waals surface area contributed by atoms with Crippen LogP contribution in [0.5, 0.6) is 0 Å². The molecular weight excluding hydrogens is 536 g/mol. The number of carbonyl (C=O) groups is 1. The van der Waals surface area contributed by atoms with Gasteiger partial charge in [0.15, 0.2) is 6.29 Å². The van der Waals surface area contributed by atoms with E-state index in [1.165, 1.54) is 20.8 Å². The molecule has 6 N–H and O–H groups in total. The van der Waals surface area contributed by atoms with Crippen LogP contribution in [0.1, 0.15) is 74.7 Å². The Balaban J connectivity index is 2.60. The highest BCUT2D eigenvalue weighted by Crippen LogP contribution is 2.37. The predicted molar refractivity (Wildman–Crippen MR) is 151 cm³/mol. The van der Waals surface area contributed by atoms with E-state index in [4.69, 9.17) is 14.2 Å². The first-order valence-corrected chi connectivity index (χ1v) is 14.7. The average molecular weight is 591 g/mol. The van der Waals surface area contributed by atoms with Gasteiger partial charge < -0.3 is 49.9 Å². The normalized spacial score (nSPS) is 48.6. The number of cyclic esters (lactones) is 1. The number of ether oxygens (including phenoxy) is 3. The molecule has 0 aromatic heterocycles. The van der Waals surface area contributed by atoms with Gasteiger partial charge in [-0.2, -0.15) is 0 Å². The Bertz CT molecular complexity index is 897. The SMILES string of the molecule is CC[C@H]1OC(=O)[C@H](C)[C@@H](O)[C@H](C)[C@@H](OC2OC(C)CC(N(C)C)C2O)[C@](C)(O)C[C@@H](C)/C(=N\O)[C@H](C)[C@@H](O)[C@]1(C)O. The number of hydrogen-bond acceptors (Lipinski definition) is 12. The van der Waals surface area contributed by atoms with Crippen LogP contribution in [0.25, 0.3) is 0 Å². The van der Waals surface area contributed by atoms with Gasteiger partial charge in [-0.25, -0.2) is 0 Å². The summed E-state index contributed by atoms with van der Waals surface area (Å²) in [5, 5.41) is 70.3. The van der Waals surface area contributed by atoms with E-state index in [-0.39, 0.29) is 30.7 Å². The number of rotatable bonds is 4. The molecule has 0 amide bonds. The van der Waals surface area contributed by atoms with Crippen molar-refractivity contribution in [1.82, 2.24) is 4.90 Å². The van der Waals surface area contributed by atoms with Crippen LogP contribution in [0.15, 0.2) is 5.16 Å². The molecule has 2 aliphatic rings. The zero-order chi connectivity index (χ0) is 31.6. The average Bonchev–Trinajstić information content (AvgIpc) is 2.88. The summed E-state index contributed by atoms with van der Waals surface area (Å²) in [6, 6.07) is -0.283. The smallest absolute Gasteiger partial charge is 0.311 e. The number of carbonyl (C=O) groups excluding carboxylic acids is 1. The van der Waals surface area contributed by atoms with E-state index in [9.17, 15) is 35.5 Å². The first-order chi connectivity index (χ1) is 18.8. The molecular formula is C29H54N2O10. The fourth-order valence-electron chi connectivity index (χ4n) is 6.61. The molecule has 0 aromatic rings. The van der Waals surface area contributed by atoms with Crippen LogP contribution in [0.3, 0.4) is 0 Å². The molecule has 2 rings (SSSR count). The van der Waals surface area contributed by atoms with Crippen LogP contribution in [0.2, 0.25) is 0 Å². The third kappa shape index (κ3) is 7.77. The summed E-state index contributed by atoms with van der Waals surface area (Å²) in [6.45, 7) is 12.8. The first-order valence-electron chi connectivity index (χ1n) is 14.7. The lowest BCUT2D eigenvalue weighted by Gasteiger charge is -2.47. The van der Waals surface area contributed by atoms with E-state index in [1.54, 1.807) is 27.7 Å². The highest BCUT2D eigenvalue weighted by Gasteiger charge is 2.51. The molecule has 0 aromatic carbocycles. The zero-order valence-electron chi connectivity index (χ0n) is 26.3. The molecule has 0 saturated carbocycles. The molecule has 0 radical (unpaired) electrons. The Morgan fingerprint density at radius 2 is 1.61 bits per heavy atom. The minimum atomic E-state index is -1.91. The van der Waals surface area contributed by atoms with E-state index in [1.807, 2.05) is 25.9 Å². The van der Waals surface area contributed by atoms with E-state index >= 15 is 0 Å². The second kappa shape index (κ2) is 13.9. The number of oxime groups is 1. The van der Waals surface area contributed by atoms with Gasteiger partial charge >= 0.3 is 5.97 Å². The fraction of sp³-hybridized carbons (Fsp3) is 0.931. The number of likely N-dealkylation sites (N-methyl/N-ethyl adjacent to an activating group) is 1. The molecule has 4 unspecified atom stereocenters. The lowest BCUT2D eigenvalue weighted by Crippen LogP contribution is -2.60. The molecule has 0 bridgehead atoms. The van der Waals surface area contributed by atoms with Gasteiger partial charge in [0.2, 0.25) is 0 Å². The summed E-state index contributed by atoms with van der Waals surface area (Å²) in [5.41, 5.74) is -3.51. The van der Waals surface area contributed by atoms with Crippen molar-refractivity contribution < 1.29 is 49.7 Å². The second-order valence-electron chi connectivity index (χ2n) is 13.0. The van der Waals surface area contributed by atoms with Crippen molar-refractivity contribution in [1.29, 1.82) is 0 Å². The molecule has 12 heteroatoms. The third-order valence-corrected chi connectivity index (χ3v) is 9.23. The highest BCUT2D eigenvalue weighted by atomic mass is 16.7. The molecule has 2 heterocycles. The lowest BCUT2D eigenvalue weighted by molar-refractivity contribution is -0.298. The van der Waals surface area contributed by atoms with Gasteiger partial charge in [-0.15, -0.1) is 0 Å². The minimum absolute atomic E-state index is 0.0428. The van der Waals surface area contributed by atoms with Gasteiger partial charge in [0.1, 0.15) is 17.8 Å². The van der Waals surface area contributed by atoms with E-state index < -0.39 is 77.7 Å². The number of hydrogen-bond donors (Lipinski definition) is 6. The summed E-state index contributed by atoms with van der Waals surface area (Å²) in [5.74, 6) is -4.27. The van der Waals surface area contributed by atoms with Crippen LogP contribution < -0.4 is 0 Å². The molecule has 2 aliphatic heterocycles. The van der Waals surface area contributed by atoms with Crippen molar-refractivity contribution in [2.75, 3.05) is 14.1 Å². The third-order valence-electron chi connectivity index (χ3n) is 9.23. The molecule has 240 valence electrons. The van der Waals surface area contributed by atoms with E-state index in [0.29, 0.717) is 6.42 Å². The standard InChI is InChI=1S/C29H54N2O10/c1-11-20-29(8,37)24(34)16(4)21(30-38)14(2)13-28(7,36)25(17(5)22(32)18(6)26(35)40-20)41-27-23(33)19(31(9)10)12-15(3)39-27/h14-20,22-25,27,32-34,36-38H,11-13H2,1-10H3/b30-21+/t14-,15?,16+,17+,18-,19?,20-,22+,23?,24-,25-,27?,28-,29-/m1/s1. The van der Waals surface area contributed by atoms with Gasteiger partial charge in [0.25, 0.3) is 0 Å². The largest absolute Gasteiger partial charge is 0.459 e. The number of aliphatic hydroxyl groups is 5. The fourth-order valence-corrected chi connectivity index (χ4v) is 6.61. The van der Waals surface area contributed by atoms with Crippen molar-refractivity contribution in [2.45, 2.75) is 135 Å².